The fraction of sp³-hybridized carbons (Fsp3) is 0.300. The van der Waals surface area contributed by atoms with E-state index in [9.17, 15) is 4.79 Å². The molecule has 0 aliphatic carbocycles. The number of fused-ring (bicyclic) bond motifs is 1. The number of piperidine rings is 1. The van der Waals surface area contributed by atoms with Crippen LogP contribution in [0.5, 0.6) is 0 Å². The van der Waals surface area contributed by atoms with Gasteiger partial charge in [0.25, 0.3) is 0 Å². The standard InChI is InChI=1S/C20H22N6O/c1-26-10-5-14(6-11-26)15-2-3-17-16(12-15)18(4-7-22-17)24-20(27)25-19-13-21-8-9-23-19/h2-4,7-9,12-14H,5-6,10-11H2,1H3,(H2,22,23,24,25,27). The number of urea groups is 1. The highest BCUT2D eigenvalue weighted by molar-refractivity contribution is 6.05. The monoisotopic (exact) mass is 362 g/mol. The van der Waals surface area contributed by atoms with Crippen LogP contribution in [0.25, 0.3) is 10.9 Å². The van der Waals surface area contributed by atoms with Crippen LogP contribution in [0.3, 0.4) is 0 Å². The molecule has 0 saturated carbocycles. The van der Waals surface area contributed by atoms with Crippen LogP contribution in [0.4, 0.5) is 16.3 Å². The summed E-state index contributed by atoms with van der Waals surface area (Å²) in [6.45, 7) is 2.22. The third kappa shape index (κ3) is 4.03. The molecule has 1 fully saturated rings. The SMILES string of the molecule is CN1CCC(c2ccc3nccc(NC(=O)Nc4cnccn4)c3c2)CC1. The molecule has 0 atom stereocenters. The molecule has 0 unspecified atom stereocenters. The predicted octanol–water partition coefficient (Wildman–Crippen LogP) is 3.48. The Balaban J connectivity index is 1.57. The van der Waals surface area contributed by atoms with Gasteiger partial charge in [0.15, 0.2) is 5.82 Å². The van der Waals surface area contributed by atoms with E-state index in [0.717, 1.165) is 42.5 Å². The van der Waals surface area contributed by atoms with Crippen LogP contribution in [-0.4, -0.2) is 46.0 Å². The summed E-state index contributed by atoms with van der Waals surface area (Å²) < 4.78 is 0. The van der Waals surface area contributed by atoms with Gasteiger partial charge in [0.05, 0.1) is 17.4 Å². The fourth-order valence-corrected chi connectivity index (χ4v) is 3.50. The Hall–Kier alpha value is -3.06. The summed E-state index contributed by atoms with van der Waals surface area (Å²) in [6.07, 6.45) is 8.60. The summed E-state index contributed by atoms with van der Waals surface area (Å²) >= 11 is 0. The molecule has 2 aromatic heterocycles. The van der Waals surface area contributed by atoms with Crippen molar-refractivity contribution < 1.29 is 4.79 Å². The lowest BCUT2D eigenvalue weighted by Gasteiger charge is -2.29. The van der Waals surface area contributed by atoms with Crippen molar-refractivity contribution in [1.29, 1.82) is 0 Å². The molecule has 7 heteroatoms. The van der Waals surface area contributed by atoms with E-state index in [1.807, 2.05) is 12.1 Å². The van der Waals surface area contributed by atoms with Crippen LogP contribution in [0, 0.1) is 0 Å². The second-order valence-corrected chi connectivity index (χ2v) is 6.88. The molecular formula is C20H22N6O. The third-order valence-electron chi connectivity index (χ3n) is 5.01. The summed E-state index contributed by atoms with van der Waals surface area (Å²) in [7, 11) is 2.16. The molecule has 3 heterocycles. The van der Waals surface area contributed by atoms with Crippen LogP contribution in [0.15, 0.2) is 49.1 Å². The molecule has 0 radical (unpaired) electrons. The molecule has 7 nitrogen and oxygen atoms in total. The number of hydrogen-bond donors (Lipinski definition) is 2. The Bertz CT molecular complexity index is 938. The average molecular weight is 362 g/mol. The van der Waals surface area contributed by atoms with Crippen molar-refractivity contribution in [1.82, 2.24) is 19.9 Å². The highest BCUT2D eigenvalue weighted by atomic mass is 16.2. The van der Waals surface area contributed by atoms with Gasteiger partial charge in [-0.15, -0.1) is 0 Å². The Morgan fingerprint density at radius 2 is 1.93 bits per heavy atom. The highest BCUT2D eigenvalue weighted by Crippen LogP contribution is 2.31. The lowest BCUT2D eigenvalue weighted by Crippen LogP contribution is -2.29. The maximum atomic E-state index is 12.3. The van der Waals surface area contributed by atoms with Gasteiger partial charge in [-0.25, -0.2) is 9.78 Å². The van der Waals surface area contributed by atoms with Crippen molar-refractivity contribution in [3.05, 3.63) is 54.6 Å². The second-order valence-electron chi connectivity index (χ2n) is 6.88. The van der Waals surface area contributed by atoms with E-state index >= 15 is 0 Å². The quantitative estimate of drug-likeness (QED) is 0.745. The van der Waals surface area contributed by atoms with Crippen LogP contribution in [0.1, 0.15) is 24.3 Å². The molecule has 4 rings (SSSR count). The van der Waals surface area contributed by atoms with Gasteiger partial charge in [-0.1, -0.05) is 6.07 Å². The smallest absolute Gasteiger partial charge is 0.307 e. The molecule has 0 spiro atoms. The zero-order chi connectivity index (χ0) is 18.6. The summed E-state index contributed by atoms with van der Waals surface area (Å²) in [5, 5.41) is 6.54. The number of aromatic nitrogens is 3. The molecule has 1 aromatic carbocycles. The van der Waals surface area contributed by atoms with E-state index in [-0.39, 0.29) is 6.03 Å². The normalized spacial score (nSPS) is 15.6. The number of benzene rings is 1. The molecule has 2 amide bonds. The summed E-state index contributed by atoms with van der Waals surface area (Å²) in [5.41, 5.74) is 2.90. The molecule has 1 aliphatic rings. The number of nitrogens with one attached hydrogen (secondary N) is 2. The van der Waals surface area contributed by atoms with Gasteiger partial charge >= 0.3 is 6.03 Å². The lowest BCUT2D eigenvalue weighted by molar-refractivity contribution is 0.255. The van der Waals surface area contributed by atoms with E-state index in [0.29, 0.717) is 11.7 Å². The minimum absolute atomic E-state index is 0.354. The number of likely N-dealkylation sites (tertiary alicyclic amines) is 1. The zero-order valence-corrected chi connectivity index (χ0v) is 15.2. The number of nitrogens with zero attached hydrogens (tertiary/aromatic N) is 4. The van der Waals surface area contributed by atoms with E-state index in [2.05, 4.69) is 49.7 Å². The third-order valence-corrected chi connectivity index (χ3v) is 5.01. The maximum absolute atomic E-state index is 12.3. The Labute approximate surface area is 157 Å². The Morgan fingerprint density at radius 3 is 2.70 bits per heavy atom. The second kappa shape index (κ2) is 7.67. The molecular weight excluding hydrogens is 340 g/mol. The molecule has 27 heavy (non-hydrogen) atoms. The topological polar surface area (TPSA) is 83.0 Å². The van der Waals surface area contributed by atoms with Crippen molar-refractivity contribution in [2.75, 3.05) is 30.8 Å². The van der Waals surface area contributed by atoms with Gasteiger partial charge in [-0.3, -0.25) is 15.3 Å². The number of amides is 2. The van der Waals surface area contributed by atoms with E-state index < -0.39 is 0 Å². The van der Waals surface area contributed by atoms with Gasteiger partial charge in [-0.2, -0.15) is 0 Å². The minimum Gasteiger partial charge on any atom is -0.307 e. The summed E-state index contributed by atoms with van der Waals surface area (Å²) in [6, 6.07) is 7.82. The number of carbonyl (C=O) groups is 1. The Kier molecular flexibility index (Phi) is 4.93. The molecule has 2 N–H and O–H groups in total. The molecule has 0 bridgehead atoms. The number of pyridine rings is 1. The largest absolute Gasteiger partial charge is 0.324 e. The van der Waals surface area contributed by atoms with Crippen LogP contribution >= 0.6 is 0 Å². The van der Waals surface area contributed by atoms with Crippen molar-refractivity contribution in [3.8, 4) is 0 Å². The molecule has 3 aromatic rings. The maximum Gasteiger partial charge on any atom is 0.324 e. The molecule has 1 aliphatic heterocycles. The summed E-state index contributed by atoms with van der Waals surface area (Å²) in [5.74, 6) is 0.951. The average Bonchev–Trinajstić information content (AvgIpc) is 2.69. The van der Waals surface area contributed by atoms with E-state index in [1.54, 1.807) is 12.4 Å². The van der Waals surface area contributed by atoms with Crippen molar-refractivity contribution in [2.45, 2.75) is 18.8 Å². The molecule has 1 saturated heterocycles. The summed E-state index contributed by atoms with van der Waals surface area (Å²) in [4.78, 5) is 27.1. The first-order chi connectivity index (χ1) is 13.2. The number of carbonyl (C=O) groups excluding carboxylic acids is 1. The first kappa shape index (κ1) is 17.4. The minimum atomic E-state index is -0.354. The van der Waals surface area contributed by atoms with Gasteiger partial charge in [0.2, 0.25) is 0 Å². The van der Waals surface area contributed by atoms with Crippen molar-refractivity contribution >= 4 is 28.4 Å². The number of hydrogen-bond acceptors (Lipinski definition) is 5. The lowest BCUT2D eigenvalue weighted by atomic mass is 9.89. The van der Waals surface area contributed by atoms with Crippen LogP contribution in [-0.2, 0) is 0 Å². The predicted molar refractivity (Wildman–Crippen MR) is 106 cm³/mol. The Morgan fingerprint density at radius 1 is 1.07 bits per heavy atom. The van der Waals surface area contributed by atoms with Gasteiger partial charge < -0.3 is 10.2 Å². The van der Waals surface area contributed by atoms with Gasteiger partial charge in [0.1, 0.15) is 0 Å². The first-order valence-electron chi connectivity index (χ1n) is 9.10. The van der Waals surface area contributed by atoms with Crippen molar-refractivity contribution in [2.24, 2.45) is 0 Å². The van der Waals surface area contributed by atoms with E-state index in [1.165, 1.54) is 18.0 Å². The van der Waals surface area contributed by atoms with Gasteiger partial charge in [0, 0.05) is 24.0 Å². The van der Waals surface area contributed by atoms with Gasteiger partial charge in [-0.05, 0) is 62.7 Å². The van der Waals surface area contributed by atoms with Crippen molar-refractivity contribution in [3.63, 3.8) is 0 Å². The number of rotatable bonds is 3. The zero-order valence-electron chi connectivity index (χ0n) is 15.2. The highest BCUT2D eigenvalue weighted by Gasteiger charge is 2.19. The van der Waals surface area contributed by atoms with E-state index in [4.69, 9.17) is 0 Å². The van der Waals surface area contributed by atoms with Crippen LogP contribution < -0.4 is 10.6 Å². The first-order valence-corrected chi connectivity index (χ1v) is 9.10. The fourth-order valence-electron chi connectivity index (χ4n) is 3.50. The van der Waals surface area contributed by atoms with Crippen LogP contribution in [0.2, 0.25) is 0 Å². The number of anilines is 2. The molecule has 138 valence electrons.